The number of ether oxygens (including phenoxy) is 2. The van der Waals surface area contributed by atoms with Gasteiger partial charge in [-0.1, -0.05) is 0 Å². The van der Waals surface area contributed by atoms with Gasteiger partial charge >= 0.3 is 0 Å². The fourth-order valence-electron chi connectivity index (χ4n) is 2.22. The first kappa shape index (κ1) is 16.6. The van der Waals surface area contributed by atoms with Crippen LogP contribution in [-0.2, 0) is 0 Å². The SMILES string of the molecule is COc1ccc(OC)c(C(=O)NC2CCNCC2)c1.Cl. The minimum atomic E-state index is -0.109. The van der Waals surface area contributed by atoms with E-state index >= 15 is 0 Å². The van der Waals surface area contributed by atoms with Crippen molar-refractivity contribution in [2.45, 2.75) is 18.9 Å². The van der Waals surface area contributed by atoms with E-state index in [-0.39, 0.29) is 24.4 Å². The molecule has 5 nitrogen and oxygen atoms in total. The predicted molar refractivity (Wildman–Crippen MR) is 80.2 cm³/mol. The van der Waals surface area contributed by atoms with Crippen molar-refractivity contribution < 1.29 is 14.3 Å². The van der Waals surface area contributed by atoms with Gasteiger partial charge in [0.05, 0.1) is 19.8 Å². The topological polar surface area (TPSA) is 59.6 Å². The maximum Gasteiger partial charge on any atom is 0.255 e. The monoisotopic (exact) mass is 300 g/mol. The lowest BCUT2D eigenvalue weighted by molar-refractivity contribution is 0.0926. The van der Waals surface area contributed by atoms with E-state index in [1.807, 2.05) is 0 Å². The Labute approximate surface area is 125 Å². The van der Waals surface area contributed by atoms with Crippen LogP contribution < -0.4 is 20.1 Å². The number of carbonyl (C=O) groups excluding carboxylic acids is 1. The molecule has 1 saturated heterocycles. The zero-order chi connectivity index (χ0) is 13.7. The molecule has 1 heterocycles. The lowest BCUT2D eigenvalue weighted by atomic mass is 10.1. The van der Waals surface area contributed by atoms with Gasteiger partial charge in [-0.15, -0.1) is 12.4 Å². The Morgan fingerprint density at radius 2 is 1.95 bits per heavy atom. The van der Waals surface area contributed by atoms with Crippen LogP contribution in [0, 0.1) is 0 Å². The lowest BCUT2D eigenvalue weighted by Crippen LogP contribution is -2.42. The zero-order valence-electron chi connectivity index (χ0n) is 11.8. The summed E-state index contributed by atoms with van der Waals surface area (Å²) in [5.41, 5.74) is 0.514. The van der Waals surface area contributed by atoms with E-state index in [0.717, 1.165) is 25.9 Å². The first-order valence-electron chi connectivity index (χ1n) is 6.48. The Hall–Kier alpha value is -1.46. The number of methoxy groups -OCH3 is 2. The number of amides is 1. The molecule has 1 aromatic rings. The third-order valence-electron chi connectivity index (χ3n) is 3.33. The number of benzene rings is 1. The summed E-state index contributed by atoms with van der Waals surface area (Å²) in [6.07, 6.45) is 1.91. The second-order valence-corrected chi connectivity index (χ2v) is 4.56. The quantitative estimate of drug-likeness (QED) is 0.887. The Bertz CT molecular complexity index is 448. The van der Waals surface area contributed by atoms with Crippen molar-refractivity contribution in [2.75, 3.05) is 27.3 Å². The summed E-state index contributed by atoms with van der Waals surface area (Å²) < 4.78 is 10.4. The van der Waals surface area contributed by atoms with Crippen LogP contribution in [0.15, 0.2) is 18.2 Å². The lowest BCUT2D eigenvalue weighted by Gasteiger charge is -2.24. The molecule has 2 rings (SSSR count). The van der Waals surface area contributed by atoms with Crippen LogP contribution in [0.1, 0.15) is 23.2 Å². The Balaban J connectivity index is 0.00000200. The van der Waals surface area contributed by atoms with Gasteiger partial charge in [-0.25, -0.2) is 0 Å². The van der Waals surface area contributed by atoms with Crippen LogP contribution in [0.25, 0.3) is 0 Å². The molecule has 0 saturated carbocycles. The van der Waals surface area contributed by atoms with Gasteiger partial charge < -0.3 is 20.1 Å². The smallest absolute Gasteiger partial charge is 0.255 e. The summed E-state index contributed by atoms with van der Waals surface area (Å²) in [5, 5.41) is 6.32. The van der Waals surface area contributed by atoms with Crippen LogP contribution >= 0.6 is 12.4 Å². The summed E-state index contributed by atoms with van der Waals surface area (Å²) in [6, 6.07) is 5.45. The molecule has 112 valence electrons. The van der Waals surface area contributed by atoms with Gasteiger partial charge in [-0.3, -0.25) is 4.79 Å². The third kappa shape index (κ3) is 4.02. The third-order valence-corrected chi connectivity index (χ3v) is 3.33. The number of halogens is 1. The highest BCUT2D eigenvalue weighted by Gasteiger charge is 2.19. The minimum Gasteiger partial charge on any atom is -0.497 e. The highest BCUT2D eigenvalue weighted by atomic mass is 35.5. The highest BCUT2D eigenvalue weighted by Crippen LogP contribution is 2.24. The first-order chi connectivity index (χ1) is 9.24. The average Bonchev–Trinajstić information content (AvgIpc) is 2.47. The molecule has 1 aliphatic rings. The van der Waals surface area contributed by atoms with Crippen molar-refractivity contribution in [3.8, 4) is 11.5 Å². The Kier molecular flexibility index (Phi) is 6.61. The molecule has 20 heavy (non-hydrogen) atoms. The van der Waals surface area contributed by atoms with Crippen molar-refractivity contribution in [1.29, 1.82) is 0 Å². The van der Waals surface area contributed by atoms with Crippen LogP contribution in [0.2, 0.25) is 0 Å². The fraction of sp³-hybridized carbons (Fsp3) is 0.500. The maximum atomic E-state index is 12.3. The van der Waals surface area contributed by atoms with Gasteiger partial charge in [0.25, 0.3) is 5.91 Å². The van der Waals surface area contributed by atoms with Gasteiger partial charge in [0, 0.05) is 6.04 Å². The van der Waals surface area contributed by atoms with E-state index in [4.69, 9.17) is 9.47 Å². The van der Waals surface area contributed by atoms with Gasteiger partial charge in [-0.05, 0) is 44.1 Å². The Morgan fingerprint density at radius 1 is 1.25 bits per heavy atom. The van der Waals surface area contributed by atoms with E-state index < -0.39 is 0 Å². The van der Waals surface area contributed by atoms with Crippen LogP contribution in [0.4, 0.5) is 0 Å². The normalized spacial score (nSPS) is 15.1. The van der Waals surface area contributed by atoms with E-state index in [1.54, 1.807) is 32.4 Å². The number of piperidine rings is 1. The molecule has 0 radical (unpaired) electrons. The summed E-state index contributed by atoms with van der Waals surface area (Å²) in [4.78, 5) is 12.3. The van der Waals surface area contributed by atoms with Crippen LogP contribution in [0.3, 0.4) is 0 Å². The highest BCUT2D eigenvalue weighted by molar-refractivity contribution is 5.97. The molecule has 0 spiro atoms. The summed E-state index contributed by atoms with van der Waals surface area (Å²) >= 11 is 0. The van der Waals surface area contributed by atoms with E-state index in [9.17, 15) is 4.79 Å². The zero-order valence-corrected chi connectivity index (χ0v) is 12.6. The largest absolute Gasteiger partial charge is 0.497 e. The molecule has 0 aromatic heterocycles. The molecule has 6 heteroatoms. The first-order valence-corrected chi connectivity index (χ1v) is 6.48. The summed E-state index contributed by atoms with van der Waals surface area (Å²) in [6.45, 7) is 1.89. The van der Waals surface area contributed by atoms with Crippen molar-refractivity contribution in [3.05, 3.63) is 23.8 Å². The molecule has 1 fully saturated rings. The number of hydrogen-bond donors (Lipinski definition) is 2. The summed E-state index contributed by atoms with van der Waals surface area (Å²) in [5.74, 6) is 1.10. The van der Waals surface area contributed by atoms with Gasteiger partial charge in [-0.2, -0.15) is 0 Å². The molecule has 0 atom stereocenters. The van der Waals surface area contributed by atoms with Gasteiger partial charge in [0.1, 0.15) is 11.5 Å². The average molecular weight is 301 g/mol. The van der Waals surface area contributed by atoms with E-state index in [2.05, 4.69) is 10.6 Å². The van der Waals surface area contributed by atoms with Gasteiger partial charge in [0.2, 0.25) is 0 Å². The van der Waals surface area contributed by atoms with Crippen molar-refractivity contribution in [3.63, 3.8) is 0 Å². The predicted octanol–water partition coefficient (Wildman–Crippen LogP) is 1.61. The maximum absolute atomic E-state index is 12.3. The second-order valence-electron chi connectivity index (χ2n) is 4.56. The van der Waals surface area contributed by atoms with Crippen molar-refractivity contribution >= 4 is 18.3 Å². The summed E-state index contributed by atoms with van der Waals surface area (Å²) in [7, 11) is 3.14. The van der Waals surface area contributed by atoms with Gasteiger partial charge in [0.15, 0.2) is 0 Å². The molecule has 0 aliphatic carbocycles. The molecular weight excluding hydrogens is 280 g/mol. The van der Waals surface area contributed by atoms with Crippen LogP contribution in [0.5, 0.6) is 11.5 Å². The number of carbonyl (C=O) groups is 1. The number of hydrogen-bond acceptors (Lipinski definition) is 4. The number of nitrogens with one attached hydrogen (secondary N) is 2. The molecule has 0 bridgehead atoms. The second kappa shape index (κ2) is 7.97. The Morgan fingerprint density at radius 3 is 2.55 bits per heavy atom. The molecule has 1 aromatic carbocycles. The van der Waals surface area contributed by atoms with E-state index in [1.165, 1.54) is 0 Å². The molecule has 1 aliphatic heterocycles. The fourth-order valence-corrected chi connectivity index (χ4v) is 2.22. The van der Waals surface area contributed by atoms with Crippen molar-refractivity contribution in [2.24, 2.45) is 0 Å². The standard InChI is InChI=1S/C14H20N2O3.ClH/c1-18-11-3-4-13(19-2)12(9-11)14(17)16-10-5-7-15-8-6-10;/h3-4,9-10,15H,5-8H2,1-2H3,(H,16,17);1H. The van der Waals surface area contributed by atoms with Crippen molar-refractivity contribution in [1.82, 2.24) is 10.6 Å². The van der Waals surface area contributed by atoms with E-state index in [0.29, 0.717) is 17.1 Å². The van der Waals surface area contributed by atoms with Crippen LogP contribution in [-0.4, -0.2) is 39.3 Å². The molecule has 2 N–H and O–H groups in total. The molecule has 0 unspecified atom stereocenters. The molecule has 1 amide bonds. The minimum absolute atomic E-state index is 0. The molecular formula is C14H21ClN2O3. The number of rotatable bonds is 4.